The maximum absolute atomic E-state index is 13.5. The Morgan fingerprint density at radius 1 is 1.50 bits per heavy atom. The number of carbonyl (C=O) groups is 1. The first-order chi connectivity index (χ1) is 8.67. The molecule has 0 aromatic heterocycles. The van der Waals surface area contributed by atoms with E-state index in [4.69, 9.17) is 0 Å². The van der Waals surface area contributed by atoms with E-state index in [0.717, 1.165) is 24.8 Å². The van der Waals surface area contributed by atoms with Crippen LogP contribution in [0.5, 0.6) is 0 Å². The van der Waals surface area contributed by atoms with E-state index in [1.165, 1.54) is 13.2 Å². The van der Waals surface area contributed by atoms with Crippen LogP contribution in [0.4, 0.5) is 4.39 Å². The van der Waals surface area contributed by atoms with Gasteiger partial charge >= 0.3 is 5.97 Å². The molecule has 0 fully saturated rings. The standard InChI is InChI=1S/C15H19FO2.H2/c1-3-4-6-12-9-10-14(16)13(11-12)7-5-8-15(17)18-2;/h5,7,9-11H,3-4,6,8H2,1-2H3;1H/b7-5-;. The number of carbonyl (C=O) groups excluding carboxylic acids is 1. The van der Waals surface area contributed by atoms with Gasteiger partial charge in [0.25, 0.3) is 0 Å². The molecule has 0 saturated heterocycles. The molecule has 3 heteroatoms. The summed E-state index contributed by atoms with van der Waals surface area (Å²) < 4.78 is 18.0. The van der Waals surface area contributed by atoms with Crippen molar-refractivity contribution in [1.29, 1.82) is 0 Å². The average Bonchev–Trinajstić information content (AvgIpc) is 2.39. The quantitative estimate of drug-likeness (QED) is 0.715. The Hall–Kier alpha value is -1.64. The van der Waals surface area contributed by atoms with Gasteiger partial charge in [-0.15, -0.1) is 0 Å². The topological polar surface area (TPSA) is 26.3 Å². The van der Waals surface area contributed by atoms with Crippen molar-refractivity contribution in [3.8, 4) is 0 Å². The Bertz CT molecular complexity index is 430. The minimum absolute atomic E-state index is 0. The highest BCUT2D eigenvalue weighted by Gasteiger charge is 2.01. The first kappa shape index (κ1) is 14.4. The van der Waals surface area contributed by atoms with Crippen LogP contribution in [0, 0.1) is 5.82 Å². The number of halogens is 1. The zero-order chi connectivity index (χ0) is 13.4. The van der Waals surface area contributed by atoms with E-state index in [1.54, 1.807) is 12.2 Å². The molecule has 0 atom stereocenters. The van der Waals surface area contributed by atoms with Crippen molar-refractivity contribution in [2.75, 3.05) is 7.11 Å². The van der Waals surface area contributed by atoms with Crippen LogP contribution in [0.3, 0.4) is 0 Å². The van der Waals surface area contributed by atoms with E-state index in [1.807, 2.05) is 12.1 Å². The largest absolute Gasteiger partial charge is 0.469 e. The van der Waals surface area contributed by atoms with Gasteiger partial charge in [-0.1, -0.05) is 31.6 Å². The fourth-order valence-corrected chi connectivity index (χ4v) is 1.62. The minimum Gasteiger partial charge on any atom is -0.469 e. The van der Waals surface area contributed by atoms with Crippen LogP contribution in [-0.2, 0) is 16.0 Å². The molecule has 1 rings (SSSR count). The summed E-state index contributed by atoms with van der Waals surface area (Å²) in [5, 5.41) is 0. The fourth-order valence-electron chi connectivity index (χ4n) is 1.62. The lowest BCUT2D eigenvalue weighted by Crippen LogP contribution is -1.96. The summed E-state index contributed by atoms with van der Waals surface area (Å²) in [6, 6.07) is 5.12. The Balaban J connectivity index is 0.00000324. The zero-order valence-electron chi connectivity index (χ0n) is 10.9. The minimum atomic E-state index is -0.325. The predicted molar refractivity (Wildman–Crippen MR) is 72.8 cm³/mol. The normalized spacial score (nSPS) is 10.8. The number of rotatable bonds is 6. The van der Waals surface area contributed by atoms with E-state index < -0.39 is 0 Å². The molecular weight excluding hydrogens is 231 g/mol. The molecule has 1 aromatic carbocycles. The molecule has 0 N–H and O–H groups in total. The van der Waals surface area contributed by atoms with E-state index in [0.29, 0.717) is 5.56 Å². The summed E-state index contributed by atoms with van der Waals surface area (Å²) in [6.07, 6.45) is 6.57. The summed E-state index contributed by atoms with van der Waals surface area (Å²) in [6.45, 7) is 2.13. The molecule has 0 spiro atoms. The molecular formula is C15H21FO2. The van der Waals surface area contributed by atoms with Crippen LogP contribution in [-0.4, -0.2) is 13.1 Å². The SMILES string of the molecule is CCCCc1ccc(F)c(/C=C\CC(=O)OC)c1.[HH]. The van der Waals surface area contributed by atoms with E-state index >= 15 is 0 Å². The lowest BCUT2D eigenvalue weighted by molar-refractivity contribution is -0.139. The molecule has 100 valence electrons. The van der Waals surface area contributed by atoms with Crippen LogP contribution in [0.25, 0.3) is 6.08 Å². The van der Waals surface area contributed by atoms with Crippen molar-refractivity contribution in [3.05, 3.63) is 41.2 Å². The third-order valence-electron chi connectivity index (χ3n) is 2.69. The second kappa shape index (κ2) is 7.64. The predicted octanol–water partition coefficient (Wildman–Crippen LogP) is 3.99. The smallest absolute Gasteiger partial charge is 0.309 e. The number of aryl methyl sites for hydroxylation is 1. The first-order valence-electron chi connectivity index (χ1n) is 6.19. The van der Waals surface area contributed by atoms with Gasteiger partial charge in [0, 0.05) is 6.99 Å². The highest BCUT2D eigenvalue weighted by Crippen LogP contribution is 2.14. The maximum atomic E-state index is 13.5. The molecule has 18 heavy (non-hydrogen) atoms. The summed E-state index contributed by atoms with van der Waals surface area (Å²) >= 11 is 0. The highest BCUT2D eigenvalue weighted by atomic mass is 19.1. The molecule has 0 radical (unpaired) electrons. The molecule has 1 aromatic rings. The van der Waals surface area contributed by atoms with E-state index in [9.17, 15) is 9.18 Å². The number of methoxy groups -OCH3 is 1. The van der Waals surface area contributed by atoms with Gasteiger partial charge in [0.2, 0.25) is 0 Å². The monoisotopic (exact) mass is 252 g/mol. The third kappa shape index (κ3) is 4.70. The number of unbranched alkanes of at least 4 members (excludes halogenated alkanes) is 1. The second-order valence-electron chi connectivity index (χ2n) is 4.14. The van der Waals surface area contributed by atoms with Gasteiger partial charge in [-0.3, -0.25) is 4.79 Å². The van der Waals surface area contributed by atoms with Crippen molar-refractivity contribution >= 4 is 12.0 Å². The number of ether oxygens (including phenoxy) is 1. The zero-order valence-corrected chi connectivity index (χ0v) is 10.9. The molecule has 0 unspecified atom stereocenters. The number of esters is 1. The lowest BCUT2D eigenvalue weighted by Gasteiger charge is -2.03. The lowest BCUT2D eigenvalue weighted by atomic mass is 10.0. The summed E-state index contributed by atoms with van der Waals surface area (Å²) in [4.78, 5) is 10.9. The summed E-state index contributed by atoms with van der Waals surface area (Å²) in [5.74, 6) is -0.592. The van der Waals surface area contributed by atoms with Gasteiger partial charge < -0.3 is 4.74 Å². The van der Waals surface area contributed by atoms with Crippen LogP contribution in [0.15, 0.2) is 24.3 Å². The van der Waals surface area contributed by atoms with E-state index in [-0.39, 0.29) is 19.6 Å². The molecule has 0 aliphatic heterocycles. The molecule has 2 nitrogen and oxygen atoms in total. The van der Waals surface area contributed by atoms with E-state index in [2.05, 4.69) is 11.7 Å². The number of hydrogen-bond donors (Lipinski definition) is 0. The highest BCUT2D eigenvalue weighted by molar-refractivity contribution is 5.72. The Morgan fingerprint density at radius 3 is 2.94 bits per heavy atom. The van der Waals surface area contributed by atoms with Gasteiger partial charge in [0.05, 0.1) is 13.5 Å². The van der Waals surface area contributed by atoms with Crippen molar-refractivity contribution in [2.45, 2.75) is 32.6 Å². The van der Waals surface area contributed by atoms with Gasteiger partial charge in [-0.25, -0.2) is 4.39 Å². The molecule has 0 amide bonds. The second-order valence-corrected chi connectivity index (χ2v) is 4.14. The Kier molecular flexibility index (Phi) is 6.12. The molecule has 0 heterocycles. The number of benzene rings is 1. The van der Waals surface area contributed by atoms with Crippen LogP contribution >= 0.6 is 0 Å². The van der Waals surface area contributed by atoms with Crippen molar-refractivity contribution in [2.24, 2.45) is 0 Å². The van der Waals surface area contributed by atoms with Crippen LogP contribution in [0.2, 0.25) is 0 Å². The van der Waals surface area contributed by atoms with Crippen molar-refractivity contribution in [1.82, 2.24) is 0 Å². The van der Waals surface area contributed by atoms with Crippen LogP contribution in [0.1, 0.15) is 38.7 Å². The first-order valence-corrected chi connectivity index (χ1v) is 6.19. The Morgan fingerprint density at radius 2 is 2.28 bits per heavy atom. The average molecular weight is 252 g/mol. The summed E-state index contributed by atoms with van der Waals surface area (Å²) in [5.41, 5.74) is 1.64. The number of hydrogen-bond acceptors (Lipinski definition) is 2. The van der Waals surface area contributed by atoms with Gasteiger partial charge in [0.15, 0.2) is 0 Å². The van der Waals surface area contributed by atoms with Crippen molar-refractivity contribution < 1.29 is 15.3 Å². The molecule has 0 saturated carbocycles. The van der Waals surface area contributed by atoms with Crippen molar-refractivity contribution in [3.63, 3.8) is 0 Å². The molecule has 0 bridgehead atoms. The Labute approximate surface area is 109 Å². The maximum Gasteiger partial charge on any atom is 0.309 e. The third-order valence-corrected chi connectivity index (χ3v) is 2.69. The summed E-state index contributed by atoms with van der Waals surface area (Å²) in [7, 11) is 1.34. The van der Waals surface area contributed by atoms with Gasteiger partial charge in [-0.2, -0.15) is 0 Å². The van der Waals surface area contributed by atoms with Gasteiger partial charge in [-0.05, 0) is 30.5 Å². The van der Waals surface area contributed by atoms with Crippen LogP contribution < -0.4 is 0 Å². The van der Waals surface area contributed by atoms with Gasteiger partial charge in [0.1, 0.15) is 5.82 Å². The molecule has 0 aliphatic carbocycles. The fraction of sp³-hybridized carbons (Fsp3) is 0.400. The molecule has 0 aliphatic rings.